The minimum atomic E-state index is -3.84. The molecule has 0 fully saturated rings. The van der Waals surface area contributed by atoms with Crippen LogP contribution in [-0.4, -0.2) is 45.4 Å². The van der Waals surface area contributed by atoms with Gasteiger partial charge in [0.2, 0.25) is 15.9 Å². The van der Waals surface area contributed by atoms with Crippen LogP contribution in [0.2, 0.25) is 0 Å². The van der Waals surface area contributed by atoms with E-state index in [-0.39, 0.29) is 29.6 Å². The van der Waals surface area contributed by atoms with E-state index in [1.807, 2.05) is 35.2 Å². The van der Waals surface area contributed by atoms with E-state index in [0.29, 0.717) is 25.3 Å². The third-order valence-electron chi connectivity index (χ3n) is 4.21. The van der Waals surface area contributed by atoms with Crippen LogP contribution >= 0.6 is 0 Å². The number of amides is 1. The summed E-state index contributed by atoms with van der Waals surface area (Å²) in [5, 5.41) is 7.78. The molecule has 0 aliphatic rings. The molecule has 0 bridgehead atoms. The molecule has 3 N–H and O–H groups in total. The van der Waals surface area contributed by atoms with Gasteiger partial charge in [-0.05, 0) is 23.8 Å². The highest BCUT2D eigenvalue weighted by atomic mass is 32.2. The van der Waals surface area contributed by atoms with Gasteiger partial charge in [0.05, 0.1) is 18.4 Å². The maximum Gasteiger partial charge on any atom is 0.306 e. The number of ether oxygens (including phenoxy) is 1. The molecule has 9 heteroatoms. The first-order valence-corrected chi connectivity index (χ1v) is 10.6. The van der Waals surface area contributed by atoms with Crippen LogP contribution in [0.1, 0.15) is 18.4 Å². The first-order chi connectivity index (χ1) is 13.8. The minimum absolute atomic E-state index is 0.0703. The van der Waals surface area contributed by atoms with E-state index in [1.54, 1.807) is 6.07 Å². The molecule has 0 aliphatic heterocycles. The fourth-order valence-corrected chi connectivity index (χ4v) is 3.26. The van der Waals surface area contributed by atoms with Gasteiger partial charge in [0, 0.05) is 31.7 Å². The maximum absolute atomic E-state index is 12.3. The lowest BCUT2D eigenvalue weighted by Crippen LogP contribution is -2.30. The number of hydrogen-bond donors (Lipinski definition) is 2. The third kappa shape index (κ3) is 8.02. The molecule has 0 radical (unpaired) electrons. The number of benzene rings is 2. The van der Waals surface area contributed by atoms with E-state index in [4.69, 9.17) is 5.14 Å². The molecule has 2 aromatic carbocycles. The van der Waals surface area contributed by atoms with Crippen LogP contribution in [-0.2, 0) is 30.9 Å². The molecule has 2 rings (SSSR count). The Balaban J connectivity index is 1.96. The molecule has 0 saturated carbocycles. The average Bonchev–Trinajstić information content (AvgIpc) is 2.70. The molecule has 156 valence electrons. The normalized spacial score (nSPS) is 11.3. The molecule has 2 aromatic rings. The predicted molar refractivity (Wildman–Crippen MR) is 109 cm³/mol. The van der Waals surface area contributed by atoms with Gasteiger partial charge < -0.3 is 10.1 Å². The van der Waals surface area contributed by atoms with E-state index in [0.717, 1.165) is 5.56 Å². The summed E-state index contributed by atoms with van der Waals surface area (Å²) >= 11 is 0. The molecule has 0 aliphatic carbocycles. The van der Waals surface area contributed by atoms with Crippen molar-refractivity contribution in [2.24, 2.45) is 5.14 Å². The van der Waals surface area contributed by atoms with Crippen LogP contribution in [0.15, 0.2) is 59.5 Å². The van der Waals surface area contributed by atoms with Gasteiger partial charge >= 0.3 is 5.97 Å². The standard InChI is InChI=1S/C20H25N3O5S/c1-28-20(25)11-13-23(15-16-6-3-2-4-7-16)12-10-19(24)22-17-8-5-9-18(14-17)29(21,26)27/h2-9,14H,10-13,15H2,1H3,(H,22,24)(H2,21,26,27). The molecule has 8 nitrogen and oxygen atoms in total. The Morgan fingerprint density at radius 2 is 1.72 bits per heavy atom. The van der Waals surface area contributed by atoms with Crippen LogP contribution in [0.3, 0.4) is 0 Å². The van der Waals surface area contributed by atoms with Crippen LogP contribution in [0.4, 0.5) is 5.69 Å². The number of carbonyl (C=O) groups excluding carboxylic acids is 2. The van der Waals surface area contributed by atoms with E-state index in [9.17, 15) is 18.0 Å². The number of primary sulfonamides is 1. The summed E-state index contributed by atoms with van der Waals surface area (Å²) in [7, 11) is -2.50. The van der Waals surface area contributed by atoms with Gasteiger partial charge in [0.1, 0.15) is 0 Å². The number of sulfonamides is 1. The summed E-state index contributed by atoms with van der Waals surface area (Å²) in [6.45, 7) is 1.47. The van der Waals surface area contributed by atoms with Crippen molar-refractivity contribution in [2.45, 2.75) is 24.3 Å². The van der Waals surface area contributed by atoms with Crippen molar-refractivity contribution in [3.8, 4) is 0 Å². The summed E-state index contributed by atoms with van der Waals surface area (Å²) in [5.74, 6) is -0.583. The van der Waals surface area contributed by atoms with Crippen molar-refractivity contribution in [1.82, 2.24) is 4.90 Å². The van der Waals surface area contributed by atoms with Gasteiger partial charge in [-0.2, -0.15) is 0 Å². The van der Waals surface area contributed by atoms with Crippen molar-refractivity contribution in [3.05, 3.63) is 60.2 Å². The average molecular weight is 420 g/mol. The fourth-order valence-electron chi connectivity index (χ4n) is 2.70. The Bertz CT molecular complexity index is 932. The summed E-state index contributed by atoms with van der Waals surface area (Å²) in [6.07, 6.45) is 0.398. The summed E-state index contributed by atoms with van der Waals surface area (Å²) in [5.41, 5.74) is 1.42. The number of hydrogen-bond acceptors (Lipinski definition) is 6. The maximum atomic E-state index is 12.3. The quantitative estimate of drug-likeness (QED) is 0.566. The van der Waals surface area contributed by atoms with E-state index in [1.165, 1.54) is 25.3 Å². The van der Waals surface area contributed by atoms with Crippen LogP contribution in [0, 0.1) is 0 Å². The number of methoxy groups -OCH3 is 1. The SMILES string of the molecule is COC(=O)CCN(CCC(=O)Nc1cccc(S(N)(=O)=O)c1)Cc1ccccc1. The number of nitrogens with two attached hydrogens (primary N) is 1. The number of anilines is 1. The van der Waals surface area contributed by atoms with Crippen LogP contribution < -0.4 is 10.5 Å². The molecule has 0 saturated heterocycles. The molecular weight excluding hydrogens is 394 g/mol. The first-order valence-electron chi connectivity index (χ1n) is 9.04. The first kappa shape index (κ1) is 22.5. The highest BCUT2D eigenvalue weighted by Gasteiger charge is 2.13. The van der Waals surface area contributed by atoms with E-state index in [2.05, 4.69) is 10.1 Å². The van der Waals surface area contributed by atoms with Gasteiger partial charge in [0.15, 0.2) is 0 Å². The van der Waals surface area contributed by atoms with Gasteiger partial charge in [-0.1, -0.05) is 36.4 Å². The zero-order chi connectivity index (χ0) is 21.3. The van der Waals surface area contributed by atoms with Crippen molar-refractivity contribution in [3.63, 3.8) is 0 Å². The Kier molecular flexibility index (Phi) is 8.32. The molecule has 0 heterocycles. The fraction of sp³-hybridized carbons (Fsp3) is 0.300. The lowest BCUT2D eigenvalue weighted by molar-refractivity contribution is -0.141. The van der Waals surface area contributed by atoms with Crippen molar-refractivity contribution in [2.75, 3.05) is 25.5 Å². The van der Waals surface area contributed by atoms with Crippen molar-refractivity contribution >= 4 is 27.6 Å². The summed E-state index contributed by atoms with van der Waals surface area (Å²) in [6, 6.07) is 15.5. The van der Waals surface area contributed by atoms with Gasteiger partial charge in [0.25, 0.3) is 0 Å². The van der Waals surface area contributed by atoms with Crippen molar-refractivity contribution in [1.29, 1.82) is 0 Å². The van der Waals surface area contributed by atoms with Gasteiger partial charge in [-0.25, -0.2) is 13.6 Å². The number of esters is 1. The Morgan fingerprint density at radius 1 is 1.03 bits per heavy atom. The molecule has 0 atom stereocenters. The summed E-state index contributed by atoms with van der Waals surface area (Å²) in [4.78, 5) is 25.7. The second-order valence-electron chi connectivity index (χ2n) is 6.46. The third-order valence-corrected chi connectivity index (χ3v) is 5.12. The highest BCUT2D eigenvalue weighted by molar-refractivity contribution is 7.89. The predicted octanol–water partition coefficient (Wildman–Crippen LogP) is 1.73. The second kappa shape index (κ2) is 10.7. The Labute approximate surface area is 170 Å². The molecule has 0 spiro atoms. The number of nitrogens with one attached hydrogen (secondary N) is 1. The molecule has 1 amide bonds. The minimum Gasteiger partial charge on any atom is -0.469 e. The van der Waals surface area contributed by atoms with Gasteiger partial charge in [-0.15, -0.1) is 0 Å². The second-order valence-corrected chi connectivity index (χ2v) is 8.02. The number of nitrogens with zero attached hydrogens (tertiary/aromatic N) is 1. The van der Waals surface area contributed by atoms with E-state index < -0.39 is 10.0 Å². The molecule has 0 aromatic heterocycles. The van der Waals surface area contributed by atoms with Gasteiger partial charge in [-0.3, -0.25) is 14.5 Å². The zero-order valence-electron chi connectivity index (χ0n) is 16.2. The Hall–Kier alpha value is -2.75. The summed E-state index contributed by atoms with van der Waals surface area (Å²) < 4.78 is 27.6. The van der Waals surface area contributed by atoms with Crippen molar-refractivity contribution < 1.29 is 22.7 Å². The number of rotatable bonds is 10. The lowest BCUT2D eigenvalue weighted by Gasteiger charge is -2.21. The van der Waals surface area contributed by atoms with Crippen LogP contribution in [0.25, 0.3) is 0 Å². The topological polar surface area (TPSA) is 119 Å². The highest BCUT2D eigenvalue weighted by Crippen LogP contribution is 2.14. The molecule has 0 unspecified atom stereocenters. The number of carbonyl (C=O) groups is 2. The monoisotopic (exact) mass is 419 g/mol. The van der Waals surface area contributed by atoms with Crippen LogP contribution in [0.5, 0.6) is 0 Å². The molecule has 29 heavy (non-hydrogen) atoms. The van der Waals surface area contributed by atoms with E-state index >= 15 is 0 Å². The lowest BCUT2D eigenvalue weighted by atomic mass is 10.2. The Morgan fingerprint density at radius 3 is 2.38 bits per heavy atom. The molecular formula is C20H25N3O5S. The smallest absolute Gasteiger partial charge is 0.306 e. The zero-order valence-corrected chi connectivity index (χ0v) is 17.0. The largest absolute Gasteiger partial charge is 0.469 e.